The van der Waals surface area contributed by atoms with Crippen LogP contribution in [0, 0.1) is 0 Å². The highest BCUT2D eigenvalue weighted by Gasteiger charge is 2.25. The number of hydrogen-bond donors (Lipinski definition) is 2. The highest BCUT2D eigenvalue weighted by molar-refractivity contribution is 6.42. The van der Waals surface area contributed by atoms with Gasteiger partial charge in [-0.3, -0.25) is 0 Å². The Morgan fingerprint density at radius 2 is 2.05 bits per heavy atom. The van der Waals surface area contributed by atoms with Crippen LogP contribution < -0.4 is 4.74 Å². The minimum atomic E-state index is -1.15. The van der Waals surface area contributed by atoms with Gasteiger partial charge in [-0.15, -0.1) is 0 Å². The van der Waals surface area contributed by atoms with Gasteiger partial charge in [0.25, 0.3) is 5.88 Å². The van der Waals surface area contributed by atoms with E-state index in [0.29, 0.717) is 16.5 Å². The number of hydrogen-bond acceptors (Lipinski definition) is 4. The monoisotopic (exact) mass is 327 g/mol. The maximum atomic E-state index is 11.0. The molecule has 0 spiro atoms. The van der Waals surface area contributed by atoms with Crippen LogP contribution in [0.25, 0.3) is 0 Å². The lowest BCUT2D eigenvalue weighted by atomic mass is 9.90. The number of fused-ring (bicyclic) bond motifs is 1. The van der Waals surface area contributed by atoms with Crippen molar-refractivity contribution in [3.05, 3.63) is 39.0 Å². The van der Waals surface area contributed by atoms with Gasteiger partial charge in [-0.25, -0.2) is 9.89 Å². The van der Waals surface area contributed by atoms with E-state index in [1.54, 1.807) is 0 Å². The third-order valence-electron chi connectivity index (χ3n) is 3.43. The number of nitrogens with one attached hydrogen (secondary N) is 1. The number of nitrogens with zero attached hydrogens (tertiary/aromatic N) is 2. The largest absolute Gasteiger partial charge is 0.476 e. The van der Waals surface area contributed by atoms with Crippen molar-refractivity contribution in [2.24, 2.45) is 0 Å². The molecule has 0 fully saturated rings. The lowest BCUT2D eigenvalue weighted by Crippen LogP contribution is -2.26. The standard InChI is InChI=1S/C13H11Cl2N3O3/c14-9-4-6-1-2-8(3-7(6)5-10(9)15)21-12-11(13(19)20)16-18-17-12/h4-5,8H,1-3H2,(H,19,20)(H,16,17,18)/t8-/m0/s1. The Morgan fingerprint density at radius 1 is 1.33 bits per heavy atom. The second kappa shape index (κ2) is 5.54. The van der Waals surface area contributed by atoms with Gasteiger partial charge in [-0.2, -0.15) is 0 Å². The van der Waals surface area contributed by atoms with E-state index < -0.39 is 5.97 Å². The number of H-pyrrole nitrogens is 1. The molecule has 0 bridgehead atoms. The van der Waals surface area contributed by atoms with Crippen molar-refractivity contribution in [1.29, 1.82) is 0 Å². The zero-order valence-electron chi connectivity index (χ0n) is 10.8. The van der Waals surface area contributed by atoms with Crippen molar-refractivity contribution in [2.75, 3.05) is 0 Å². The summed E-state index contributed by atoms with van der Waals surface area (Å²) in [5, 5.41) is 19.5. The summed E-state index contributed by atoms with van der Waals surface area (Å²) in [5.41, 5.74) is 2.05. The second-order valence-corrected chi connectivity index (χ2v) is 5.63. The van der Waals surface area contributed by atoms with Crippen molar-refractivity contribution in [1.82, 2.24) is 15.4 Å². The number of carboxylic acid groups (broad SMARTS) is 1. The average Bonchev–Trinajstić information content (AvgIpc) is 2.89. The normalized spacial score (nSPS) is 17.3. The molecule has 2 N–H and O–H groups in total. The molecule has 0 aliphatic heterocycles. The van der Waals surface area contributed by atoms with E-state index in [-0.39, 0.29) is 17.7 Å². The highest BCUT2D eigenvalue weighted by atomic mass is 35.5. The number of rotatable bonds is 3. The molecule has 0 unspecified atom stereocenters. The summed E-state index contributed by atoms with van der Waals surface area (Å²) in [6, 6.07) is 3.70. The van der Waals surface area contributed by atoms with Crippen LogP contribution in [0.15, 0.2) is 12.1 Å². The molecule has 0 saturated carbocycles. The molecule has 8 heteroatoms. The van der Waals surface area contributed by atoms with Crippen LogP contribution in [0.2, 0.25) is 10.0 Å². The van der Waals surface area contributed by atoms with E-state index in [4.69, 9.17) is 33.0 Å². The zero-order chi connectivity index (χ0) is 15.0. The zero-order valence-corrected chi connectivity index (χ0v) is 12.3. The van der Waals surface area contributed by atoms with E-state index >= 15 is 0 Å². The second-order valence-electron chi connectivity index (χ2n) is 4.81. The molecule has 1 aliphatic carbocycles. The van der Waals surface area contributed by atoms with E-state index in [0.717, 1.165) is 24.0 Å². The molecule has 1 aromatic carbocycles. The van der Waals surface area contributed by atoms with Gasteiger partial charge < -0.3 is 9.84 Å². The van der Waals surface area contributed by atoms with Gasteiger partial charge in [-0.05, 0) is 36.1 Å². The van der Waals surface area contributed by atoms with Gasteiger partial charge in [0.1, 0.15) is 6.10 Å². The topological polar surface area (TPSA) is 88.1 Å². The van der Waals surface area contributed by atoms with Crippen molar-refractivity contribution < 1.29 is 14.6 Å². The molecular formula is C13H11Cl2N3O3. The summed E-state index contributed by atoms with van der Waals surface area (Å²) in [5.74, 6) is -1.14. The predicted molar refractivity (Wildman–Crippen MR) is 76.2 cm³/mol. The first-order chi connectivity index (χ1) is 10.0. The van der Waals surface area contributed by atoms with Crippen molar-refractivity contribution in [3.63, 3.8) is 0 Å². The molecule has 1 atom stereocenters. The number of carboxylic acids is 1. The molecule has 3 rings (SSSR count). The Bertz CT molecular complexity index is 702. The third-order valence-corrected chi connectivity index (χ3v) is 4.16. The molecule has 110 valence electrons. The average molecular weight is 328 g/mol. The minimum Gasteiger partial charge on any atom is -0.476 e. The highest BCUT2D eigenvalue weighted by Crippen LogP contribution is 2.31. The van der Waals surface area contributed by atoms with E-state index in [9.17, 15) is 4.79 Å². The smallest absolute Gasteiger partial charge is 0.359 e. The van der Waals surface area contributed by atoms with Crippen LogP contribution in [-0.4, -0.2) is 32.6 Å². The first-order valence-electron chi connectivity index (χ1n) is 6.32. The fourth-order valence-corrected chi connectivity index (χ4v) is 2.79. The number of benzene rings is 1. The lowest BCUT2D eigenvalue weighted by Gasteiger charge is -2.25. The molecule has 6 nitrogen and oxygen atoms in total. The SMILES string of the molecule is O=C(O)c1[nH]nnc1O[C@H]1CCc2cc(Cl)c(Cl)cc2C1. The molecule has 0 amide bonds. The molecule has 1 aromatic heterocycles. The summed E-state index contributed by atoms with van der Waals surface area (Å²) >= 11 is 12.0. The molecule has 1 heterocycles. The van der Waals surface area contributed by atoms with Gasteiger partial charge in [0.2, 0.25) is 5.69 Å². The number of halogens is 2. The van der Waals surface area contributed by atoms with E-state index in [1.807, 2.05) is 12.1 Å². The van der Waals surface area contributed by atoms with Gasteiger partial charge >= 0.3 is 5.97 Å². The van der Waals surface area contributed by atoms with Gasteiger partial charge in [0, 0.05) is 6.42 Å². The first-order valence-corrected chi connectivity index (χ1v) is 7.08. The maximum absolute atomic E-state index is 11.0. The van der Waals surface area contributed by atoms with Crippen LogP contribution in [0.4, 0.5) is 0 Å². The number of aromatic carboxylic acids is 1. The Kier molecular flexibility index (Phi) is 3.73. The number of aryl methyl sites for hydroxylation is 1. The van der Waals surface area contributed by atoms with Crippen molar-refractivity contribution >= 4 is 29.2 Å². The van der Waals surface area contributed by atoms with E-state index in [2.05, 4.69) is 15.4 Å². The fourth-order valence-electron chi connectivity index (χ4n) is 2.41. The molecule has 1 aliphatic rings. The van der Waals surface area contributed by atoms with Crippen LogP contribution in [0.1, 0.15) is 28.0 Å². The summed E-state index contributed by atoms with van der Waals surface area (Å²) in [7, 11) is 0. The fraction of sp³-hybridized carbons (Fsp3) is 0.308. The van der Waals surface area contributed by atoms with Crippen LogP contribution in [0.3, 0.4) is 0 Å². The van der Waals surface area contributed by atoms with Gasteiger partial charge in [-0.1, -0.05) is 33.5 Å². The van der Waals surface area contributed by atoms with Gasteiger partial charge in [0.05, 0.1) is 10.0 Å². The number of aromatic nitrogens is 3. The summed E-state index contributed by atoms with van der Waals surface area (Å²) in [6.07, 6.45) is 1.99. The molecule has 0 saturated heterocycles. The Hall–Kier alpha value is -1.79. The molecule has 21 heavy (non-hydrogen) atoms. The maximum Gasteiger partial charge on any atom is 0.359 e. The van der Waals surface area contributed by atoms with Gasteiger partial charge in [0.15, 0.2) is 0 Å². The number of aromatic amines is 1. The number of carbonyl (C=O) groups is 1. The molecule has 2 aromatic rings. The quantitative estimate of drug-likeness (QED) is 0.904. The summed E-state index contributed by atoms with van der Waals surface area (Å²) in [6.45, 7) is 0. The predicted octanol–water partition coefficient (Wildman–Crippen LogP) is 2.75. The third kappa shape index (κ3) is 2.82. The van der Waals surface area contributed by atoms with Crippen molar-refractivity contribution in [3.8, 4) is 5.88 Å². The lowest BCUT2D eigenvalue weighted by molar-refractivity contribution is 0.0681. The first kappa shape index (κ1) is 14.2. The minimum absolute atomic E-state index is 0.0102. The summed E-state index contributed by atoms with van der Waals surface area (Å²) < 4.78 is 5.65. The van der Waals surface area contributed by atoms with Crippen LogP contribution in [-0.2, 0) is 12.8 Å². The van der Waals surface area contributed by atoms with E-state index in [1.165, 1.54) is 0 Å². The molecule has 0 radical (unpaired) electrons. The Balaban J connectivity index is 1.79. The van der Waals surface area contributed by atoms with Crippen molar-refractivity contribution in [2.45, 2.75) is 25.4 Å². The Morgan fingerprint density at radius 3 is 2.76 bits per heavy atom. The molecular weight excluding hydrogens is 317 g/mol. The van der Waals surface area contributed by atoms with Crippen LogP contribution in [0.5, 0.6) is 5.88 Å². The summed E-state index contributed by atoms with van der Waals surface area (Å²) in [4.78, 5) is 11.0. The Labute approximate surface area is 130 Å². The number of ether oxygens (including phenoxy) is 1. The van der Waals surface area contributed by atoms with Crippen LogP contribution >= 0.6 is 23.2 Å².